The minimum absolute atomic E-state index is 0.137. The predicted octanol–water partition coefficient (Wildman–Crippen LogP) is 3.66. The van der Waals surface area contributed by atoms with Crippen LogP contribution in [0.5, 0.6) is 0 Å². The van der Waals surface area contributed by atoms with Crippen LogP contribution in [0.1, 0.15) is 5.56 Å². The Morgan fingerprint density at radius 3 is 2.50 bits per heavy atom. The molecule has 0 aliphatic heterocycles. The number of nitrogens with zero attached hydrogens (tertiary/aromatic N) is 1. The zero-order chi connectivity index (χ0) is 14.4. The first-order valence-corrected chi connectivity index (χ1v) is 7.37. The lowest BCUT2D eigenvalue weighted by molar-refractivity contribution is 1.04. The molecular formula is C14H12ClN3S2. The van der Waals surface area contributed by atoms with E-state index >= 15 is 0 Å². The number of nitrogens with one attached hydrogen (secondary N) is 1. The van der Waals surface area contributed by atoms with Gasteiger partial charge in [-0.1, -0.05) is 53.7 Å². The van der Waals surface area contributed by atoms with Gasteiger partial charge in [0.25, 0.3) is 0 Å². The average molecular weight is 322 g/mol. The number of thiocarbonyl (C=S) groups is 1. The molecule has 6 heteroatoms. The predicted molar refractivity (Wildman–Crippen MR) is 89.5 cm³/mol. The van der Waals surface area contributed by atoms with E-state index in [1.54, 1.807) is 18.0 Å². The summed E-state index contributed by atoms with van der Waals surface area (Å²) >= 11 is 12.5. The van der Waals surface area contributed by atoms with E-state index in [1.165, 1.54) is 0 Å². The molecule has 0 saturated carbocycles. The van der Waals surface area contributed by atoms with Gasteiger partial charge in [0.05, 0.1) is 11.2 Å². The summed E-state index contributed by atoms with van der Waals surface area (Å²) in [6.45, 7) is 0. The van der Waals surface area contributed by atoms with Crippen LogP contribution in [-0.2, 0) is 0 Å². The third-order valence-corrected chi connectivity index (χ3v) is 4.05. The number of hydrazone groups is 1. The van der Waals surface area contributed by atoms with Gasteiger partial charge in [0.15, 0.2) is 5.11 Å². The SMILES string of the molecule is NC(=S)NN=Cc1ccccc1Sc1ccccc1Cl. The van der Waals surface area contributed by atoms with Crippen molar-refractivity contribution < 1.29 is 0 Å². The summed E-state index contributed by atoms with van der Waals surface area (Å²) in [6.07, 6.45) is 1.68. The molecule has 0 radical (unpaired) electrons. The standard InChI is InChI=1S/C14H12ClN3S2/c15-11-6-2-4-8-13(11)20-12-7-3-1-5-10(12)9-17-18-14(16)19/h1-9H,(H3,16,18,19). The molecule has 0 heterocycles. The Labute approximate surface area is 132 Å². The first kappa shape index (κ1) is 14.8. The Balaban J connectivity index is 2.22. The molecule has 0 spiro atoms. The molecule has 0 amide bonds. The largest absolute Gasteiger partial charge is 0.375 e. The monoisotopic (exact) mass is 321 g/mol. The lowest BCUT2D eigenvalue weighted by Crippen LogP contribution is -2.24. The van der Waals surface area contributed by atoms with E-state index in [-0.39, 0.29) is 5.11 Å². The van der Waals surface area contributed by atoms with E-state index in [1.807, 2.05) is 48.5 Å². The molecule has 0 fully saturated rings. The fourth-order valence-corrected chi connectivity index (χ4v) is 2.73. The van der Waals surface area contributed by atoms with Crippen molar-refractivity contribution in [3.05, 3.63) is 59.1 Å². The van der Waals surface area contributed by atoms with Gasteiger partial charge in [-0.05, 0) is 30.4 Å². The van der Waals surface area contributed by atoms with Crippen molar-refractivity contribution in [3.8, 4) is 0 Å². The van der Waals surface area contributed by atoms with Crippen LogP contribution in [0.25, 0.3) is 0 Å². The number of benzene rings is 2. The summed E-state index contributed by atoms with van der Waals surface area (Å²) in [7, 11) is 0. The first-order valence-electron chi connectivity index (χ1n) is 5.77. The van der Waals surface area contributed by atoms with E-state index < -0.39 is 0 Å². The molecule has 0 bridgehead atoms. The number of hydrogen-bond acceptors (Lipinski definition) is 3. The van der Waals surface area contributed by atoms with Crippen molar-refractivity contribution >= 4 is 46.9 Å². The van der Waals surface area contributed by atoms with E-state index in [0.717, 1.165) is 20.4 Å². The lowest BCUT2D eigenvalue weighted by Gasteiger charge is -2.06. The smallest absolute Gasteiger partial charge is 0.184 e. The summed E-state index contributed by atoms with van der Waals surface area (Å²) in [5.74, 6) is 0. The van der Waals surface area contributed by atoms with E-state index in [0.29, 0.717) is 0 Å². The van der Waals surface area contributed by atoms with E-state index in [9.17, 15) is 0 Å². The highest BCUT2D eigenvalue weighted by atomic mass is 35.5. The topological polar surface area (TPSA) is 50.4 Å². The summed E-state index contributed by atoms with van der Waals surface area (Å²) in [5.41, 5.74) is 8.82. The molecule has 0 unspecified atom stereocenters. The van der Waals surface area contributed by atoms with Crippen molar-refractivity contribution in [1.29, 1.82) is 0 Å². The van der Waals surface area contributed by atoms with Crippen molar-refractivity contribution in [2.24, 2.45) is 10.8 Å². The van der Waals surface area contributed by atoms with Crippen LogP contribution in [0.3, 0.4) is 0 Å². The Kier molecular flexibility index (Phi) is 5.40. The van der Waals surface area contributed by atoms with Gasteiger partial charge in [-0.25, -0.2) is 0 Å². The second-order valence-electron chi connectivity index (χ2n) is 3.80. The molecule has 2 aromatic rings. The maximum atomic E-state index is 6.17. The van der Waals surface area contributed by atoms with Crippen LogP contribution < -0.4 is 11.2 Å². The molecule has 3 N–H and O–H groups in total. The zero-order valence-electron chi connectivity index (χ0n) is 10.4. The van der Waals surface area contributed by atoms with Crippen LogP contribution >= 0.6 is 35.6 Å². The molecule has 0 aliphatic carbocycles. The Bertz CT molecular complexity index is 644. The molecule has 2 rings (SSSR count). The third-order valence-electron chi connectivity index (χ3n) is 2.35. The highest BCUT2D eigenvalue weighted by molar-refractivity contribution is 7.99. The quantitative estimate of drug-likeness (QED) is 0.512. The van der Waals surface area contributed by atoms with Gasteiger partial charge in [-0.2, -0.15) is 5.10 Å². The van der Waals surface area contributed by atoms with E-state index in [4.69, 9.17) is 29.6 Å². The summed E-state index contributed by atoms with van der Waals surface area (Å²) in [4.78, 5) is 2.05. The maximum absolute atomic E-state index is 6.17. The van der Waals surface area contributed by atoms with Crippen molar-refractivity contribution in [1.82, 2.24) is 5.43 Å². The van der Waals surface area contributed by atoms with Gasteiger partial charge in [-0.15, -0.1) is 0 Å². The Morgan fingerprint density at radius 2 is 1.80 bits per heavy atom. The average Bonchev–Trinajstić information content (AvgIpc) is 2.43. The fourth-order valence-electron chi connectivity index (χ4n) is 1.49. The lowest BCUT2D eigenvalue weighted by atomic mass is 10.2. The highest BCUT2D eigenvalue weighted by Crippen LogP contribution is 2.34. The van der Waals surface area contributed by atoms with Crippen LogP contribution in [0.15, 0.2) is 63.4 Å². The van der Waals surface area contributed by atoms with Crippen LogP contribution in [0.4, 0.5) is 0 Å². The molecular weight excluding hydrogens is 310 g/mol. The molecule has 0 saturated heterocycles. The minimum atomic E-state index is 0.137. The number of halogens is 1. The van der Waals surface area contributed by atoms with Gasteiger partial charge in [0, 0.05) is 15.4 Å². The van der Waals surface area contributed by atoms with Gasteiger partial charge < -0.3 is 5.73 Å². The van der Waals surface area contributed by atoms with Gasteiger partial charge >= 0.3 is 0 Å². The van der Waals surface area contributed by atoms with Gasteiger partial charge in [-0.3, -0.25) is 5.43 Å². The van der Waals surface area contributed by atoms with E-state index in [2.05, 4.69) is 10.5 Å². The van der Waals surface area contributed by atoms with Gasteiger partial charge in [0.2, 0.25) is 0 Å². The fraction of sp³-hybridized carbons (Fsp3) is 0. The zero-order valence-corrected chi connectivity index (χ0v) is 12.8. The summed E-state index contributed by atoms with van der Waals surface area (Å²) in [6, 6.07) is 15.6. The molecule has 102 valence electrons. The number of nitrogens with two attached hydrogens (primary N) is 1. The molecule has 2 aromatic carbocycles. The van der Waals surface area contributed by atoms with Crippen LogP contribution in [0, 0.1) is 0 Å². The molecule has 0 atom stereocenters. The Hall–Kier alpha value is -1.56. The van der Waals surface area contributed by atoms with Crippen molar-refractivity contribution in [3.63, 3.8) is 0 Å². The summed E-state index contributed by atoms with van der Waals surface area (Å²) < 4.78 is 0. The number of hydrogen-bond donors (Lipinski definition) is 2. The van der Waals surface area contributed by atoms with Crippen LogP contribution in [0.2, 0.25) is 5.02 Å². The molecule has 0 aliphatic rings. The maximum Gasteiger partial charge on any atom is 0.184 e. The Morgan fingerprint density at radius 1 is 1.15 bits per heavy atom. The third kappa shape index (κ3) is 4.23. The summed E-state index contributed by atoms with van der Waals surface area (Å²) in [5, 5.41) is 4.84. The molecule has 0 aromatic heterocycles. The minimum Gasteiger partial charge on any atom is -0.375 e. The molecule has 20 heavy (non-hydrogen) atoms. The highest BCUT2D eigenvalue weighted by Gasteiger charge is 2.05. The van der Waals surface area contributed by atoms with Crippen LogP contribution in [-0.4, -0.2) is 11.3 Å². The van der Waals surface area contributed by atoms with Crippen molar-refractivity contribution in [2.45, 2.75) is 9.79 Å². The second kappa shape index (κ2) is 7.28. The molecule has 3 nitrogen and oxygen atoms in total. The first-order chi connectivity index (χ1) is 9.66. The normalized spacial score (nSPS) is 10.7. The van der Waals surface area contributed by atoms with Gasteiger partial charge in [0.1, 0.15) is 0 Å². The van der Waals surface area contributed by atoms with Crippen molar-refractivity contribution in [2.75, 3.05) is 0 Å². The second-order valence-corrected chi connectivity index (χ2v) is 5.74. The number of rotatable bonds is 4.